The number of halogens is 5. The summed E-state index contributed by atoms with van der Waals surface area (Å²) in [5.41, 5.74) is 0.756. The summed E-state index contributed by atoms with van der Waals surface area (Å²) in [5.74, 6) is -10.5. The normalized spacial score (nSPS) is 11.0. The maximum Gasteiger partial charge on any atom is 0.200 e. The lowest BCUT2D eigenvalue weighted by atomic mass is 10.2. The van der Waals surface area contributed by atoms with Crippen molar-refractivity contribution in [1.29, 1.82) is 0 Å². The van der Waals surface area contributed by atoms with E-state index in [9.17, 15) is 27.1 Å². The number of rotatable bonds is 4. The average molecular weight is 332 g/mol. The van der Waals surface area contributed by atoms with E-state index in [0.29, 0.717) is 5.56 Å². The third-order valence-corrected chi connectivity index (χ3v) is 2.80. The van der Waals surface area contributed by atoms with Crippen molar-refractivity contribution < 1.29 is 31.8 Å². The first-order chi connectivity index (χ1) is 10.9. The van der Waals surface area contributed by atoms with Gasteiger partial charge in [0.05, 0.1) is 13.3 Å². The summed E-state index contributed by atoms with van der Waals surface area (Å²) in [6.45, 7) is 0. The van der Waals surface area contributed by atoms with Crippen molar-refractivity contribution in [2.45, 2.75) is 0 Å². The van der Waals surface area contributed by atoms with E-state index in [1.54, 1.807) is 5.43 Å². The molecule has 0 aliphatic rings. The molecule has 0 aromatic heterocycles. The number of hydrazone groups is 1. The number of hydrogen-bond acceptors (Lipinski definition) is 4. The van der Waals surface area contributed by atoms with Crippen molar-refractivity contribution in [2.75, 3.05) is 12.5 Å². The SMILES string of the molecule is COc1ccc(/C=N\Nc2c(F)c(F)c(F)c(F)c2F)cc1O. The highest BCUT2D eigenvalue weighted by Gasteiger charge is 2.25. The van der Waals surface area contributed by atoms with E-state index in [1.165, 1.54) is 25.3 Å². The number of hydrogen-bond donors (Lipinski definition) is 2. The van der Waals surface area contributed by atoms with Crippen LogP contribution in [0.3, 0.4) is 0 Å². The van der Waals surface area contributed by atoms with Gasteiger partial charge < -0.3 is 9.84 Å². The molecular formula is C14H9F5N2O2. The van der Waals surface area contributed by atoms with Gasteiger partial charge in [-0.3, -0.25) is 5.43 Å². The number of aromatic hydroxyl groups is 1. The van der Waals surface area contributed by atoms with Crippen LogP contribution >= 0.6 is 0 Å². The highest BCUT2D eigenvalue weighted by Crippen LogP contribution is 2.27. The van der Waals surface area contributed by atoms with Crippen molar-refractivity contribution in [3.63, 3.8) is 0 Å². The number of methoxy groups -OCH3 is 1. The zero-order chi connectivity index (χ0) is 17.1. The van der Waals surface area contributed by atoms with Crippen LogP contribution in [0.15, 0.2) is 23.3 Å². The molecule has 0 unspecified atom stereocenters. The molecular weight excluding hydrogens is 323 g/mol. The first-order valence-electron chi connectivity index (χ1n) is 6.04. The van der Waals surface area contributed by atoms with Crippen LogP contribution in [0.5, 0.6) is 11.5 Å². The van der Waals surface area contributed by atoms with Crippen molar-refractivity contribution in [3.05, 3.63) is 52.8 Å². The van der Waals surface area contributed by atoms with E-state index in [0.717, 1.165) is 6.21 Å². The summed E-state index contributed by atoms with van der Waals surface area (Å²) in [4.78, 5) is 0. The smallest absolute Gasteiger partial charge is 0.200 e. The lowest BCUT2D eigenvalue weighted by Crippen LogP contribution is -2.06. The van der Waals surface area contributed by atoms with Crippen LogP contribution in [-0.4, -0.2) is 18.4 Å². The number of ether oxygens (including phenoxy) is 1. The third-order valence-electron chi connectivity index (χ3n) is 2.80. The fourth-order valence-electron chi connectivity index (χ4n) is 1.66. The monoisotopic (exact) mass is 332 g/mol. The lowest BCUT2D eigenvalue weighted by molar-refractivity contribution is 0.373. The molecule has 4 nitrogen and oxygen atoms in total. The molecule has 0 radical (unpaired) electrons. The zero-order valence-electron chi connectivity index (χ0n) is 11.5. The van der Waals surface area contributed by atoms with Gasteiger partial charge in [0.1, 0.15) is 5.69 Å². The van der Waals surface area contributed by atoms with Crippen LogP contribution in [0, 0.1) is 29.1 Å². The van der Waals surface area contributed by atoms with Gasteiger partial charge in [-0.1, -0.05) is 0 Å². The van der Waals surface area contributed by atoms with E-state index in [2.05, 4.69) is 5.10 Å². The van der Waals surface area contributed by atoms with Crippen LogP contribution in [-0.2, 0) is 0 Å². The molecule has 122 valence electrons. The van der Waals surface area contributed by atoms with Gasteiger partial charge in [-0.05, 0) is 23.8 Å². The minimum atomic E-state index is -2.25. The van der Waals surface area contributed by atoms with E-state index in [-0.39, 0.29) is 11.5 Å². The van der Waals surface area contributed by atoms with Crippen LogP contribution in [0.25, 0.3) is 0 Å². The Bertz CT molecular complexity index is 751. The summed E-state index contributed by atoms with van der Waals surface area (Å²) in [6, 6.07) is 4.07. The quantitative estimate of drug-likeness (QED) is 0.296. The Balaban J connectivity index is 2.26. The van der Waals surface area contributed by atoms with Gasteiger partial charge in [-0.2, -0.15) is 5.10 Å². The van der Waals surface area contributed by atoms with Gasteiger partial charge in [0, 0.05) is 0 Å². The second-order valence-corrected chi connectivity index (χ2v) is 4.25. The number of nitrogens with zero attached hydrogens (tertiary/aromatic N) is 1. The molecule has 0 saturated carbocycles. The largest absolute Gasteiger partial charge is 0.504 e. The first-order valence-corrected chi connectivity index (χ1v) is 6.04. The highest BCUT2D eigenvalue weighted by molar-refractivity contribution is 5.81. The maximum absolute atomic E-state index is 13.4. The molecule has 0 amide bonds. The van der Waals surface area contributed by atoms with Gasteiger partial charge in [-0.25, -0.2) is 22.0 Å². The molecule has 9 heteroatoms. The number of anilines is 1. The van der Waals surface area contributed by atoms with Crippen molar-refractivity contribution in [3.8, 4) is 11.5 Å². The number of nitrogens with one attached hydrogen (secondary N) is 1. The predicted molar refractivity (Wildman–Crippen MR) is 72.1 cm³/mol. The molecule has 0 atom stereocenters. The van der Waals surface area contributed by atoms with Crippen LogP contribution < -0.4 is 10.2 Å². The average Bonchev–Trinajstić information content (AvgIpc) is 2.54. The van der Waals surface area contributed by atoms with Gasteiger partial charge >= 0.3 is 0 Å². The second kappa shape index (κ2) is 6.51. The van der Waals surface area contributed by atoms with E-state index in [4.69, 9.17) is 4.74 Å². The Morgan fingerprint density at radius 1 is 1.00 bits per heavy atom. The topological polar surface area (TPSA) is 53.8 Å². The Kier molecular flexibility index (Phi) is 4.68. The summed E-state index contributed by atoms with van der Waals surface area (Å²) in [7, 11) is 1.34. The van der Waals surface area contributed by atoms with Crippen LogP contribution in [0.4, 0.5) is 27.6 Å². The molecule has 0 aliphatic heterocycles. The molecule has 2 aromatic rings. The summed E-state index contributed by atoms with van der Waals surface area (Å²) < 4.78 is 70.4. The minimum Gasteiger partial charge on any atom is -0.504 e. The van der Waals surface area contributed by atoms with Crippen molar-refractivity contribution in [1.82, 2.24) is 0 Å². The molecule has 23 heavy (non-hydrogen) atoms. The van der Waals surface area contributed by atoms with Crippen LogP contribution in [0.2, 0.25) is 0 Å². The van der Waals surface area contributed by atoms with Crippen LogP contribution in [0.1, 0.15) is 5.56 Å². The highest BCUT2D eigenvalue weighted by atomic mass is 19.2. The first kappa shape index (κ1) is 16.5. The molecule has 2 aromatic carbocycles. The standard InChI is InChI=1S/C14H9F5N2O2/c1-23-8-3-2-6(4-7(8)22)5-20-21-14-12(18)10(16)9(15)11(17)13(14)19/h2-5,21-22H,1H3/b20-5-. The Morgan fingerprint density at radius 2 is 1.57 bits per heavy atom. The molecule has 0 spiro atoms. The second-order valence-electron chi connectivity index (χ2n) is 4.25. The molecule has 2 rings (SSSR count). The fourth-order valence-corrected chi connectivity index (χ4v) is 1.66. The third kappa shape index (κ3) is 3.17. The molecule has 2 N–H and O–H groups in total. The maximum atomic E-state index is 13.4. The van der Waals surface area contributed by atoms with E-state index in [1.807, 2.05) is 0 Å². The van der Waals surface area contributed by atoms with E-state index >= 15 is 0 Å². The summed E-state index contributed by atoms with van der Waals surface area (Å²) in [6.07, 6.45) is 1.01. The lowest BCUT2D eigenvalue weighted by Gasteiger charge is -2.07. The molecule has 0 heterocycles. The number of benzene rings is 2. The van der Waals surface area contributed by atoms with E-state index < -0.39 is 34.8 Å². The zero-order valence-corrected chi connectivity index (χ0v) is 11.5. The summed E-state index contributed by atoms with van der Waals surface area (Å²) >= 11 is 0. The van der Waals surface area contributed by atoms with Gasteiger partial charge in [-0.15, -0.1) is 0 Å². The summed E-state index contributed by atoms with van der Waals surface area (Å²) in [5, 5.41) is 12.9. The number of phenols is 1. The number of phenolic OH excluding ortho intramolecular Hbond substituents is 1. The Morgan fingerprint density at radius 3 is 2.09 bits per heavy atom. The van der Waals surface area contributed by atoms with Gasteiger partial charge in [0.2, 0.25) is 5.82 Å². The molecule has 0 aliphatic carbocycles. The Hall–Kier alpha value is -2.84. The minimum absolute atomic E-state index is 0.190. The van der Waals surface area contributed by atoms with Gasteiger partial charge in [0.25, 0.3) is 0 Å². The molecule has 0 fully saturated rings. The molecule has 0 bridgehead atoms. The van der Waals surface area contributed by atoms with Gasteiger partial charge in [0.15, 0.2) is 34.8 Å². The molecule has 0 saturated heterocycles. The predicted octanol–water partition coefficient (Wildman–Crippen LogP) is 3.54. The Labute approximate surface area is 126 Å². The fraction of sp³-hybridized carbons (Fsp3) is 0.0714. The van der Waals surface area contributed by atoms with Crippen molar-refractivity contribution in [2.24, 2.45) is 5.10 Å². The van der Waals surface area contributed by atoms with Crippen molar-refractivity contribution >= 4 is 11.9 Å².